The minimum atomic E-state index is 0.311. The maximum Gasteiger partial charge on any atom is 0.115 e. The van der Waals surface area contributed by atoms with E-state index in [9.17, 15) is 5.11 Å². The van der Waals surface area contributed by atoms with Gasteiger partial charge in [-0.05, 0) is 78.7 Å². The second kappa shape index (κ2) is 10.0. The number of aromatic hydroxyl groups is 1. The zero-order chi connectivity index (χ0) is 18.9. The highest BCUT2D eigenvalue weighted by Crippen LogP contribution is 2.26. The standard InChI is InChI=1S/C25H32O/c1-5-7-8-9-21-10-12-23(13-11-21)19(3)18-22(6-2)20(4)24-14-16-25(26)17-15-24/h10-18,26H,5-9H2,1-4H3/b19-18+,22-20+. The zero-order valence-electron chi connectivity index (χ0n) is 16.7. The molecule has 2 aromatic carbocycles. The van der Waals surface area contributed by atoms with Crippen LogP contribution in [0.5, 0.6) is 5.75 Å². The lowest BCUT2D eigenvalue weighted by atomic mass is 9.95. The van der Waals surface area contributed by atoms with Gasteiger partial charge in [-0.2, -0.15) is 0 Å². The van der Waals surface area contributed by atoms with Gasteiger partial charge in [0.05, 0.1) is 0 Å². The molecule has 26 heavy (non-hydrogen) atoms. The van der Waals surface area contributed by atoms with Crippen molar-refractivity contribution in [1.82, 2.24) is 0 Å². The summed E-state index contributed by atoms with van der Waals surface area (Å²) in [4.78, 5) is 0. The van der Waals surface area contributed by atoms with E-state index in [0.29, 0.717) is 5.75 Å². The van der Waals surface area contributed by atoms with Gasteiger partial charge in [0.1, 0.15) is 5.75 Å². The summed E-state index contributed by atoms with van der Waals surface area (Å²) in [6.45, 7) is 8.79. The molecule has 0 fully saturated rings. The fourth-order valence-corrected chi connectivity index (χ4v) is 3.23. The Balaban J connectivity index is 2.19. The van der Waals surface area contributed by atoms with E-state index in [2.05, 4.69) is 58.0 Å². The Morgan fingerprint density at radius 2 is 1.46 bits per heavy atom. The number of hydrogen-bond donors (Lipinski definition) is 1. The summed E-state index contributed by atoms with van der Waals surface area (Å²) in [5, 5.41) is 9.49. The summed E-state index contributed by atoms with van der Waals surface area (Å²) in [7, 11) is 0. The van der Waals surface area contributed by atoms with E-state index in [1.165, 1.54) is 53.5 Å². The number of hydrogen-bond acceptors (Lipinski definition) is 1. The maximum atomic E-state index is 9.49. The number of phenolic OH excluding ortho intramolecular Hbond substituents is 1. The molecule has 0 radical (unpaired) electrons. The quantitative estimate of drug-likeness (QED) is 0.389. The number of rotatable bonds is 8. The van der Waals surface area contributed by atoms with Crippen LogP contribution in [0.1, 0.15) is 70.1 Å². The molecule has 0 saturated carbocycles. The molecule has 0 aliphatic heterocycles. The third-order valence-corrected chi connectivity index (χ3v) is 5.03. The summed E-state index contributed by atoms with van der Waals surface area (Å²) in [6.07, 6.45) is 8.32. The summed E-state index contributed by atoms with van der Waals surface area (Å²) in [5.41, 5.74) is 7.77. The van der Waals surface area contributed by atoms with Crippen molar-refractivity contribution in [3.63, 3.8) is 0 Å². The highest BCUT2D eigenvalue weighted by molar-refractivity contribution is 5.75. The van der Waals surface area contributed by atoms with Gasteiger partial charge in [0, 0.05) is 0 Å². The Hall–Kier alpha value is -2.28. The second-order valence-corrected chi connectivity index (χ2v) is 7.03. The average molecular weight is 349 g/mol. The molecule has 0 spiro atoms. The third-order valence-electron chi connectivity index (χ3n) is 5.03. The molecule has 0 bridgehead atoms. The predicted octanol–water partition coefficient (Wildman–Crippen LogP) is 7.41. The molecule has 0 saturated heterocycles. The number of unbranched alkanes of at least 4 members (excludes halogenated alkanes) is 2. The van der Waals surface area contributed by atoms with Gasteiger partial charge in [-0.15, -0.1) is 0 Å². The van der Waals surface area contributed by atoms with Gasteiger partial charge in [-0.3, -0.25) is 0 Å². The van der Waals surface area contributed by atoms with Crippen molar-refractivity contribution in [2.75, 3.05) is 0 Å². The van der Waals surface area contributed by atoms with Crippen LogP contribution in [0.4, 0.5) is 0 Å². The van der Waals surface area contributed by atoms with E-state index in [0.717, 1.165) is 12.0 Å². The van der Waals surface area contributed by atoms with Crippen molar-refractivity contribution in [3.05, 3.63) is 76.9 Å². The molecule has 1 N–H and O–H groups in total. The third kappa shape index (κ3) is 5.62. The molecule has 1 nitrogen and oxygen atoms in total. The van der Waals surface area contributed by atoms with Gasteiger partial charge in [-0.25, -0.2) is 0 Å². The van der Waals surface area contributed by atoms with Crippen molar-refractivity contribution in [3.8, 4) is 5.75 Å². The van der Waals surface area contributed by atoms with Gasteiger partial charge >= 0.3 is 0 Å². The summed E-state index contributed by atoms with van der Waals surface area (Å²) in [5.74, 6) is 0.311. The summed E-state index contributed by atoms with van der Waals surface area (Å²) >= 11 is 0. The molecular weight excluding hydrogens is 316 g/mol. The molecule has 0 atom stereocenters. The van der Waals surface area contributed by atoms with E-state index in [1.807, 2.05) is 12.1 Å². The van der Waals surface area contributed by atoms with E-state index < -0.39 is 0 Å². The van der Waals surface area contributed by atoms with Crippen LogP contribution >= 0.6 is 0 Å². The lowest BCUT2D eigenvalue weighted by molar-refractivity contribution is 0.475. The SMILES string of the molecule is CCCCCc1ccc(/C(C)=C/C(CC)=C(\C)c2ccc(O)cc2)cc1. The van der Waals surface area contributed by atoms with Gasteiger partial charge in [0.25, 0.3) is 0 Å². The number of phenols is 1. The van der Waals surface area contributed by atoms with Crippen LogP contribution in [-0.2, 0) is 6.42 Å². The zero-order valence-corrected chi connectivity index (χ0v) is 16.7. The molecule has 2 rings (SSSR count). The topological polar surface area (TPSA) is 20.2 Å². The largest absolute Gasteiger partial charge is 0.508 e. The van der Waals surface area contributed by atoms with Crippen LogP contribution in [0.15, 0.2) is 60.2 Å². The normalized spacial score (nSPS) is 12.8. The van der Waals surface area contributed by atoms with Crippen molar-refractivity contribution in [1.29, 1.82) is 0 Å². The molecular formula is C25H32O. The Kier molecular flexibility index (Phi) is 7.72. The monoisotopic (exact) mass is 348 g/mol. The summed E-state index contributed by atoms with van der Waals surface area (Å²) < 4.78 is 0. The van der Waals surface area contributed by atoms with Crippen molar-refractivity contribution in [2.45, 2.75) is 59.8 Å². The Morgan fingerprint density at radius 1 is 0.846 bits per heavy atom. The van der Waals surface area contributed by atoms with E-state index >= 15 is 0 Å². The van der Waals surface area contributed by atoms with Crippen LogP contribution in [0.2, 0.25) is 0 Å². The molecule has 138 valence electrons. The molecule has 2 aromatic rings. The van der Waals surface area contributed by atoms with Gasteiger partial charge in [0.15, 0.2) is 0 Å². The van der Waals surface area contributed by atoms with E-state index in [4.69, 9.17) is 0 Å². The summed E-state index contributed by atoms with van der Waals surface area (Å²) in [6, 6.07) is 16.5. The first kappa shape index (κ1) is 20.0. The first-order chi connectivity index (χ1) is 12.5. The Labute approximate surface area is 159 Å². The molecule has 0 aliphatic carbocycles. The van der Waals surface area contributed by atoms with Crippen LogP contribution < -0.4 is 0 Å². The van der Waals surface area contributed by atoms with Gasteiger partial charge in [0.2, 0.25) is 0 Å². The molecule has 0 heterocycles. The van der Waals surface area contributed by atoms with Crippen LogP contribution in [-0.4, -0.2) is 5.11 Å². The lowest BCUT2D eigenvalue weighted by Gasteiger charge is -2.10. The van der Waals surface area contributed by atoms with E-state index in [-0.39, 0.29) is 0 Å². The molecule has 0 aromatic heterocycles. The lowest BCUT2D eigenvalue weighted by Crippen LogP contribution is -1.89. The first-order valence-electron chi connectivity index (χ1n) is 9.82. The Bertz CT molecular complexity index is 746. The van der Waals surface area contributed by atoms with Crippen LogP contribution in [0, 0.1) is 0 Å². The van der Waals surface area contributed by atoms with E-state index in [1.54, 1.807) is 12.1 Å². The van der Waals surface area contributed by atoms with Gasteiger partial charge < -0.3 is 5.11 Å². The fraction of sp³-hybridized carbons (Fsp3) is 0.360. The van der Waals surface area contributed by atoms with Crippen molar-refractivity contribution < 1.29 is 5.11 Å². The van der Waals surface area contributed by atoms with Gasteiger partial charge in [-0.1, -0.05) is 69.2 Å². The number of benzene rings is 2. The second-order valence-electron chi connectivity index (χ2n) is 7.03. The molecule has 1 heteroatoms. The maximum absolute atomic E-state index is 9.49. The smallest absolute Gasteiger partial charge is 0.115 e. The minimum Gasteiger partial charge on any atom is -0.508 e. The number of aryl methyl sites for hydroxylation is 1. The van der Waals surface area contributed by atoms with Crippen LogP contribution in [0.25, 0.3) is 11.1 Å². The van der Waals surface area contributed by atoms with Crippen LogP contribution in [0.3, 0.4) is 0 Å². The highest BCUT2D eigenvalue weighted by atomic mass is 16.3. The minimum absolute atomic E-state index is 0.311. The fourth-order valence-electron chi connectivity index (χ4n) is 3.23. The molecule has 0 aliphatic rings. The molecule has 0 amide bonds. The number of allylic oxidation sites excluding steroid dienone is 4. The Morgan fingerprint density at radius 3 is 2.04 bits per heavy atom. The van der Waals surface area contributed by atoms with Crippen molar-refractivity contribution in [2.24, 2.45) is 0 Å². The van der Waals surface area contributed by atoms with Crippen molar-refractivity contribution >= 4 is 11.1 Å². The highest BCUT2D eigenvalue weighted by Gasteiger charge is 2.04. The predicted molar refractivity (Wildman–Crippen MR) is 114 cm³/mol. The molecule has 0 unspecified atom stereocenters. The first-order valence-corrected chi connectivity index (χ1v) is 9.82. The average Bonchev–Trinajstić information content (AvgIpc) is 2.66.